The second kappa shape index (κ2) is 5.71. The molecule has 1 fully saturated rings. The van der Waals surface area contributed by atoms with Crippen LogP contribution in [0.25, 0.3) is 0 Å². The molecule has 0 radical (unpaired) electrons. The van der Waals surface area contributed by atoms with Gasteiger partial charge in [0.2, 0.25) is 0 Å². The van der Waals surface area contributed by atoms with E-state index in [9.17, 15) is 13.2 Å². The van der Waals surface area contributed by atoms with E-state index >= 15 is 0 Å². The Morgan fingerprint density at radius 2 is 2.06 bits per heavy atom. The summed E-state index contributed by atoms with van der Waals surface area (Å²) in [5.41, 5.74) is -0.273. The summed E-state index contributed by atoms with van der Waals surface area (Å²) in [6.45, 7) is 1.55. The number of halogens is 3. The van der Waals surface area contributed by atoms with Crippen molar-refractivity contribution < 1.29 is 17.9 Å². The van der Waals surface area contributed by atoms with E-state index in [1.54, 1.807) is 6.07 Å². The number of nitrogens with one attached hydrogen (secondary N) is 1. The fraction of sp³-hybridized carbons (Fsp3) is 0.538. The van der Waals surface area contributed by atoms with Crippen molar-refractivity contribution in [3.63, 3.8) is 0 Å². The van der Waals surface area contributed by atoms with Crippen molar-refractivity contribution in [1.82, 2.24) is 5.32 Å². The van der Waals surface area contributed by atoms with Crippen LogP contribution in [0.2, 0.25) is 0 Å². The Morgan fingerprint density at radius 1 is 1.28 bits per heavy atom. The maximum absolute atomic E-state index is 12.8. The van der Waals surface area contributed by atoms with E-state index in [-0.39, 0.29) is 18.2 Å². The Labute approximate surface area is 104 Å². The third-order valence-electron chi connectivity index (χ3n) is 3.06. The van der Waals surface area contributed by atoms with Gasteiger partial charge in [0, 0.05) is 19.2 Å². The number of ether oxygens (including phenoxy) is 1. The predicted octanol–water partition coefficient (Wildman–Crippen LogP) is 2.97. The molecule has 1 aromatic carbocycles. The maximum atomic E-state index is 12.8. The summed E-state index contributed by atoms with van der Waals surface area (Å²) in [6.07, 6.45) is -2.38. The zero-order chi connectivity index (χ0) is 13.0. The molecule has 0 amide bonds. The molecular weight excluding hydrogens is 243 g/mol. The number of benzene rings is 1. The fourth-order valence-corrected chi connectivity index (χ4v) is 2.11. The van der Waals surface area contributed by atoms with Gasteiger partial charge in [-0.2, -0.15) is 13.2 Å². The van der Waals surface area contributed by atoms with Gasteiger partial charge in [0.05, 0.1) is 12.2 Å². The van der Waals surface area contributed by atoms with E-state index < -0.39 is 11.7 Å². The zero-order valence-corrected chi connectivity index (χ0v) is 9.96. The molecular formula is C13H16F3NO. The Balaban J connectivity index is 2.00. The molecule has 0 aliphatic carbocycles. The van der Waals surface area contributed by atoms with Gasteiger partial charge in [-0.3, -0.25) is 0 Å². The molecule has 1 aliphatic rings. The first-order valence-electron chi connectivity index (χ1n) is 6.03. The maximum Gasteiger partial charge on any atom is 0.416 e. The highest BCUT2D eigenvalue weighted by Crippen LogP contribution is 2.31. The van der Waals surface area contributed by atoms with Crippen LogP contribution < -0.4 is 5.32 Å². The van der Waals surface area contributed by atoms with Gasteiger partial charge >= 0.3 is 6.18 Å². The summed E-state index contributed by atoms with van der Waals surface area (Å²) in [5, 5.41) is 3.13. The number of hydrogen-bond donors (Lipinski definition) is 1. The molecule has 2 nitrogen and oxygen atoms in total. The van der Waals surface area contributed by atoms with Gasteiger partial charge in [-0.15, -0.1) is 0 Å². The normalized spacial score (nSPS) is 20.9. The van der Waals surface area contributed by atoms with E-state index in [1.165, 1.54) is 12.1 Å². The van der Waals surface area contributed by atoms with Crippen LogP contribution in [0, 0.1) is 0 Å². The Bertz CT molecular complexity index is 386. The lowest BCUT2D eigenvalue weighted by atomic mass is 10.1. The molecule has 0 saturated carbocycles. The van der Waals surface area contributed by atoms with Gasteiger partial charge < -0.3 is 10.1 Å². The summed E-state index contributed by atoms with van der Waals surface area (Å²) < 4.78 is 43.6. The molecule has 100 valence electrons. The van der Waals surface area contributed by atoms with Gasteiger partial charge in [0.15, 0.2) is 0 Å². The second-order valence-corrected chi connectivity index (χ2v) is 4.45. The topological polar surface area (TPSA) is 21.3 Å². The van der Waals surface area contributed by atoms with Gasteiger partial charge in [-0.05, 0) is 24.5 Å². The first-order valence-corrected chi connectivity index (χ1v) is 6.03. The van der Waals surface area contributed by atoms with E-state index in [0.29, 0.717) is 6.61 Å². The van der Waals surface area contributed by atoms with Crippen LogP contribution >= 0.6 is 0 Å². The van der Waals surface area contributed by atoms with Crippen molar-refractivity contribution in [2.45, 2.75) is 31.6 Å². The minimum absolute atomic E-state index is 0.153. The molecule has 0 spiro atoms. The van der Waals surface area contributed by atoms with Crippen LogP contribution in [0.3, 0.4) is 0 Å². The molecule has 1 heterocycles. The lowest BCUT2D eigenvalue weighted by Gasteiger charge is -2.24. The largest absolute Gasteiger partial charge is 0.416 e. The average Bonchev–Trinajstić information content (AvgIpc) is 2.37. The highest BCUT2D eigenvalue weighted by molar-refractivity contribution is 5.29. The highest BCUT2D eigenvalue weighted by Gasteiger charge is 2.32. The Hall–Kier alpha value is -1.07. The number of hydrogen-bond acceptors (Lipinski definition) is 2. The monoisotopic (exact) mass is 259 g/mol. The summed E-state index contributed by atoms with van der Waals surface area (Å²) in [4.78, 5) is 0. The third-order valence-corrected chi connectivity index (χ3v) is 3.06. The zero-order valence-electron chi connectivity index (χ0n) is 9.96. The molecule has 0 aromatic heterocycles. The van der Waals surface area contributed by atoms with E-state index in [2.05, 4.69) is 5.32 Å². The van der Waals surface area contributed by atoms with E-state index in [4.69, 9.17) is 4.74 Å². The summed E-state index contributed by atoms with van der Waals surface area (Å²) in [5.74, 6) is 0. The Morgan fingerprint density at radius 3 is 2.72 bits per heavy atom. The minimum atomic E-state index is -4.29. The second-order valence-electron chi connectivity index (χ2n) is 4.45. The predicted molar refractivity (Wildman–Crippen MR) is 62.1 cm³/mol. The van der Waals surface area contributed by atoms with Crippen molar-refractivity contribution in [1.29, 1.82) is 0 Å². The van der Waals surface area contributed by atoms with Crippen molar-refractivity contribution in [3.05, 3.63) is 35.4 Å². The third kappa shape index (κ3) is 3.46. The first kappa shape index (κ1) is 13.4. The van der Waals surface area contributed by atoms with Crippen molar-refractivity contribution in [3.8, 4) is 0 Å². The van der Waals surface area contributed by atoms with E-state index in [0.717, 1.165) is 25.5 Å². The van der Waals surface area contributed by atoms with Gasteiger partial charge in [-0.1, -0.05) is 18.2 Å². The molecule has 0 bridgehead atoms. The quantitative estimate of drug-likeness (QED) is 0.901. The lowest BCUT2D eigenvalue weighted by Crippen LogP contribution is -2.36. The van der Waals surface area contributed by atoms with Crippen LogP contribution in [0.5, 0.6) is 0 Å². The average molecular weight is 259 g/mol. The standard InChI is InChI=1S/C13H16F3NO/c14-13(15,16)12-6-2-1-4-10(12)8-17-11-5-3-7-18-9-11/h1-2,4,6,11,17H,3,5,7-9H2. The number of rotatable bonds is 3. The van der Waals surface area contributed by atoms with Gasteiger partial charge in [-0.25, -0.2) is 0 Å². The molecule has 1 saturated heterocycles. The molecule has 2 rings (SSSR count). The summed E-state index contributed by atoms with van der Waals surface area (Å²) in [6, 6.07) is 5.83. The Kier molecular flexibility index (Phi) is 4.24. The first-order chi connectivity index (χ1) is 8.57. The molecule has 1 aromatic rings. The molecule has 1 atom stereocenters. The fourth-order valence-electron chi connectivity index (χ4n) is 2.11. The molecule has 1 aliphatic heterocycles. The van der Waals surface area contributed by atoms with Crippen molar-refractivity contribution in [2.75, 3.05) is 13.2 Å². The lowest BCUT2D eigenvalue weighted by molar-refractivity contribution is -0.138. The van der Waals surface area contributed by atoms with Crippen LogP contribution in [0.15, 0.2) is 24.3 Å². The number of alkyl halides is 3. The van der Waals surface area contributed by atoms with Crippen LogP contribution in [0.1, 0.15) is 24.0 Å². The summed E-state index contributed by atoms with van der Waals surface area (Å²) in [7, 11) is 0. The highest BCUT2D eigenvalue weighted by atomic mass is 19.4. The molecule has 1 unspecified atom stereocenters. The van der Waals surface area contributed by atoms with Crippen LogP contribution in [-0.2, 0) is 17.5 Å². The van der Waals surface area contributed by atoms with Crippen LogP contribution in [0.4, 0.5) is 13.2 Å². The minimum Gasteiger partial charge on any atom is -0.380 e. The molecule has 5 heteroatoms. The molecule has 1 N–H and O–H groups in total. The molecule has 18 heavy (non-hydrogen) atoms. The van der Waals surface area contributed by atoms with Gasteiger partial charge in [0.1, 0.15) is 0 Å². The van der Waals surface area contributed by atoms with Crippen molar-refractivity contribution in [2.24, 2.45) is 0 Å². The van der Waals surface area contributed by atoms with Crippen LogP contribution in [-0.4, -0.2) is 19.3 Å². The van der Waals surface area contributed by atoms with Gasteiger partial charge in [0.25, 0.3) is 0 Å². The smallest absolute Gasteiger partial charge is 0.380 e. The summed E-state index contributed by atoms with van der Waals surface area (Å²) >= 11 is 0. The SMILES string of the molecule is FC(F)(F)c1ccccc1CNC1CCCOC1. The van der Waals surface area contributed by atoms with E-state index in [1.807, 2.05) is 0 Å². The van der Waals surface area contributed by atoms with Crippen molar-refractivity contribution >= 4 is 0 Å².